The molecule has 216 valence electrons. The van der Waals surface area contributed by atoms with Gasteiger partial charge in [0.1, 0.15) is 23.8 Å². The quantitative estimate of drug-likeness (QED) is 0.345. The molecular formula is C30H39N9OS. The van der Waals surface area contributed by atoms with E-state index >= 15 is 0 Å². The molecule has 11 heteroatoms. The second-order valence-corrected chi connectivity index (χ2v) is 11.0. The van der Waals surface area contributed by atoms with E-state index < -0.39 is 0 Å². The Morgan fingerprint density at radius 2 is 1.90 bits per heavy atom. The number of carbonyl (C=O) groups is 1. The zero-order valence-electron chi connectivity index (χ0n) is 24.0. The first-order chi connectivity index (χ1) is 19.5. The second kappa shape index (κ2) is 12.4. The van der Waals surface area contributed by atoms with Gasteiger partial charge in [0.05, 0.1) is 17.6 Å². The van der Waals surface area contributed by atoms with Gasteiger partial charge in [0, 0.05) is 68.1 Å². The molecule has 1 saturated heterocycles. The van der Waals surface area contributed by atoms with Gasteiger partial charge < -0.3 is 25.0 Å². The Bertz CT molecular complexity index is 1520. The molecule has 2 aliphatic rings. The largest absolute Gasteiger partial charge is 0.369 e. The molecule has 0 spiro atoms. The lowest BCUT2D eigenvalue weighted by Crippen LogP contribution is -2.36. The molecule has 2 N–H and O–H groups in total. The molecule has 41 heavy (non-hydrogen) atoms. The van der Waals surface area contributed by atoms with E-state index in [0.29, 0.717) is 18.0 Å². The predicted molar refractivity (Wildman–Crippen MR) is 167 cm³/mol. The number of anilines is 2. The lowest BCUT2D eigenvalue weighted by atomic mass is 9.94. The molecule has 2 aliphatic heterocycles. The lowest BCUT2D eigenvalue weighted by Gasteiger charge is -2.33. The van der Waals surface area contributed by atoms with Crippen molar-refractivity contribution in [3.8, 4) is 0 Å². The highest BCUT2D eigenvalue weighted by Gasteiger charge is 2.27. The first-order valence-corrected chi connectivity index (χ1v) is 14.1. The van der Waals surface area contributed by atoms with Crippen LogP contribution in [0.3, 0.4) is 0 Å². The molecule has 6 rings (SSSR count). The van der Waals surface area contributed by atoms with Crippen molar-refractivity contribution in [2.75, 3.05) is 50.5 Å². The smallest absolute Gasteiger partial charge is 0.251 e. The maximum Gasteiger partial charge on any atom is 0.251 e. The number of pyridine rings is 1. The first kappa shape index (κ1) is 28.8. The number of piperidine rings is 1. The third-order valence-electron chi connectivity index (χ3n) is 8.40. The number of hydrogen-bond donors (Lipinski definition) is 2. The van der Waals surface area contributed by atoms with Crippen molar-refractivity contribution >= 4 is 41.9 Å². The molecule has 1 atom stereocenters. The van der Waals surface area contributed by atoms with Crippen LogP contribution in [0, 0.1) is 0 Å². The van der Waals surface area contributed by atoms with Crippen LogP contribution >= 0.6 is 13.5 Å². The van der Waals surface area contributed by atoms with Crippen molar-refractivity contribution in [1.82, 2.24) is 34.7 Å². The zero-order valence-corrected chi connectivity index (χ0v) is 25.0. The Labute approximate surface area is 248 Å². The third-order valence-corrected chi connectivity index (χ3v) is 8.40. The molecule has 1 aromatic carbocycles. The fraction of sp³-hybridized carbons (Fsp3) is 0.433. The van der Waals surface area contributed by atoms with E-state index in [2.05, 4.69) is 66.2 Å². The molecule has 4 aromatic rings. The van der Waals surface area contributed by atoms with Crippen LogP contribution in [0.4, 0.5) is 11.6 Å². The number of nitrogens with one attached hydrogen (secondary N) is 2. The molecule has 10 nitrogen and oxygen atoms in total. The van der Waals surface area contributed by atoms with E-state index in [1.807, 2.05) is 18.2 Å². The van der Waals surface area contributed by atoms with E-state index in [9.17, 15) is 4.79 Å². The second-order valence-electron chi connectivity index (χ2n) is 11.0. The van der Waals surface area contributed by atoms with Gasteiger partial charge in [-0.3, -0.25) is 9.78 Å². The monoisotopic (exact) mass is 573 g/mol. The first-order valence-electron chi connectivity index (χ1n) is 14.1. The molecule has 1 fully saturated rings. The molecule has 1 amide bonds. The van der Waals surface area contributed by atoms with Gasteiger partial charge >= 0.3 is 0 Å². The highest BCUT2D eigenvalue weighted by Crippen LogP contribution is 2.31. The van der Waals surface area contributed by atoms with Crippen LogP contribution in [0.1, 0.15) is 59.0 Å². The van der Waals surface area contributed by atoms with Crippen molar-refractivity contribution in [2.45, 2.75) is 44.7 Å². The third kappa shape index (κ3) is 5.87. The van der Waals surface area contributed by atoms with Crippen LogP contribution < -0.4 is 15.5 Å². The number of amides is 1. The van der Waals surface area contributed by atoms with E-state index in [1.165, 1.54) is 18.5 Å². The number of para-hydroxylation sites is 1. The van der Waals surface area contributed by atoms with Gasteiger partial charge in [-0.2, -0.15) is 13.5 Å². The van der Waals surface area contributed by atoms with Crippen LogP contribution in [0.5, 0.6) is 0 Å². The number of carbonyl (C=O) groups excluding carboxylic acids is 1. The zero-order chi connectivity index (χ0) is 27.6. The number of nitrogens with zero attached hydrogens (tertiary/aromatic N) is 7. The molecule has 0 radical (unpaired) electrons. The lowest BCUT2D eigenvalue weighted by molar-refractivity contribution is 0.0964. The number of rotatable bonds is 7. The standard InChI is InChI=1S/C30H37N9O.H2S/c1-20(22-5-4-6-23-24(30(40)31-2)7-10-32-29(22)23)16-33-26-15-27(36-19-35-26)38-13-14-39-25(17-34-28(39)18-38)21-8-11-37(3)12-9-21;/h4-7,10,15,17,19-21H,8-9,11-14,16,18H2,1-3H3,(H,31,40)(H,33,35,36);1H2/t20-;/m1./s1. The van der Waals surface area contributed by atoms with Crippen LogP contribution in [-0.4, -0.2) is 75.6 Å². The number of fused-ring (bicyclic) bond motifs is 2. The van der Waals surface area contributed by atoms with Gasteiger partial charge in [0.25, 0.3) is 5.91 Å². The molecule has 3 aromatic heterocycles. The predicted octanol–water partition coefficient (Wildman–Crippen LogP) is 3.74. The average molecular weight is 574 g/mol. The maximum absolute atomic E-state index is 12.4. The Hall–Kier alpha value is -3.70. The fourth-order valence-corrected chi connectivity index (χ4v) is 6.02. The van der Waals surface area contributed by atoms with Gasteiger partial charge in [-0.05, 0) is 44.6 Å². The van der Waals surface area contributed by atoms with Gasteiger partial charge in [0.15, 0.2) is 0 Å². The van der Waals surface area contributed by atoms with Gasteiger partial charge in [-0.25, -0.2) is 15.0 Å². The molecule has 0 unspecified atom stereocenters. The fourth-order valence-electron chi connectivity index (χ4n) is 6.02. The Kier molecular flexibility index (Phi) is 8.74. The number of hydrogen-bond acceptors (Lipinski definition) is 8. The SMILES string of the molecule is CNC(=O)c1ccnc2c([C@H](C)CNc3cc(N4CCn5c(C6CCN(C)CC6)cnc5C4)ncn3)cccc12.S. The Morgan fingerprint density at radius 1 is 1.07 bits per heavy atom. The van der Waals surface area contributed by atoms with Crippen LogP contribution in [0.2, 0.25) is 0 Å². The van der Waals surface area contributed by atoms with E-state index in [4.69, 9.17) is 4.98 Å². The summed E-state index contributed by atoms with van der Waals surface area (Å²) in [5.74, 6) is 3.45. The highest BCUT2D eigenvalue weighted by atomic mass is 32.1. The van der Waals surface area contributed by atoms with Crippen LogP contribution in [-0.2, 0) is 13.1 Å². The summed E-state index contributed by atoms with van der Waals surface area (Å²) in [6.45, 7) is 7.70. The summed E-state index contributed by atoms with van der Waals surface area (Å²) in [5, 5.41) is 7.08. The Balaban J connectivity index is 0.00000337. The Morgan fingerprint density at radius 3 is 2.71 bits per heavy atom. The van der Waals surface area contributed by atoms with Crippen molar-refractivity contribution < 1.29 is 4.79 Å². The van der Waals surface area contributed by atoms with E-state index in [-0.39, 0.29) is 25.3 Å². The summed E-state index contributed by atoms with van der Waals surface area (Å²) in [7, 11) is 3.85. The molecule has 0 saturated carbocycles. The summed E-state index contributed by atoms with van der Waals surface area (Å²) in [6, 6.07) is 9.81. The number of aromatic nitrogens is 5. The molecular weight excluding hydrogens is 534 g/mol. The number of likely N-dealkylation sites (tertiary alicyclic amines) is 1. The van der Waals surface area contributed by atoms with Crippen LogP contribution in [0.25, 0.3) is 10.9 Å². The summed E-state index contributed by atoms with van der Waals surface area (Å²) in [5.41, 5.74) is 3.97. The average Bonchev–Trinajstić information content (AvgIpc) is 3.43. The van der Waals surface area contributed by atoms with Gasteiger partial charge in [-0.15, -0.1) is 0 Å². The van der Waals surface area contributed by atoms with Gasteiger partial charge in [0.2, 0.25) is 0 Å². The summed E-state index contributed by atoms with van der Waals surface area (Å²) in [4.78, 5) is 35.5. The minimum Gasteiger partial charge on any atom is -0.369 e. The molecule has 0 aliphatic carbocycles. The normalized spacial score (nSPS) is 16.6. The summed E-state index contributed by atoms with van der Waals surface area (Å²) < 4.78 is 2.43. The topological polar surface area (TPSA) is 104 Å². The van der Waals surface area contributed by atoms with E-state index in [1.54, 1.807) is 25.6 Å². The summed E-state index contributed by atoms with van der Waals surface area (Å²) >= 11 is 0. The molecule has 0 bridgehead atoms. The van der Waals surface area contributed by atoms with Crippen molar-refractivity contribution in [3.05, 3.63) is 71.7 Å². The van der Waals surface area contributed by atoms with E-state index in [0.717, 1.165) is 66.7 Å². The summed E-state index contributed by atoms with van der Waals surface area (Å²) in [6.07, 6.45) is 7.84. The molecule has 5 heterocycles. The minimum absolute atomic E-state index is 0. The van der Waals surface area contributed by atoms with Crippen molar-refractivity contribution in [3.63, 3.8) is 0 Å². The number of benzene rings is 1. The number of imidazole rings is 1. The highest BCUT2D eigenvalue weighted by molar-refractivity contribution is 7.59. The van der Waals surface area contributed by atoms with Crippen molar-refractivity contribution in [1.29, 1.82) is 0 Å². The minimum atomic E-state index is -0.109. The van der Waals surface area contributed by atoms with Crippen LogP contribution in [0.15, 0.2) is 49.1 Å². The maximum atomic E-state index is 12.4. The van der Waals surface area contributed by atoms with Gasteiger partial charge in [-0.1, -0.05) is 25.1 Å². The van der Waals surface area contributed by atoms with Crippen molar-refractivity contribution in [2.24, 2.45) is 0 Å².